The number of fused-ring (bicyclic) bond motifs is 1. The van der Waals surface area contributed by atoms with Crippen LogP contribution in [0.15, 0.2) is 28.7 Å². The number of rotatable bonds is 1. The first-order chi connectivity index (χ1) is 11.6. The fraction of sp³-hybridized carbons (Fsp3) is 0.474. The van der Waals surface area contributed by atoms with E-state index >= 15 is 0 Å². The summed E-state index contributed by atoms with van der Waals surface area (Å²) in [4.78, 5) is 19.7. The van der Waals surface area contributed by atoms with Crippen LogP contribution in [0.1, 0.15) is 35.3 Å². The summed E-state index contributed by atoms with van der Waals surface area (Å²) < 4.78 is 0.976. The van der Waals surface area contributed by atoms with Gasteiger partial charge >= 0.3 is 0 Å². The van der Waals surface area contributed by atoms with Crippen molar-refractivity contribution in [1.29, 1.82) is 0 Å². The first-order valence-electron chi connectivity index (χ1n) is 8.63. The van der Waals surface area contributed by atoms with Crippen molar-refractivity contribution in [2.75, 3.05) is 26.2 Å². The van der Waals surface area contributed by atoms with Gasteiger partial charge in [-0.05, 0) is 62.4 Å². The first-order valence-corrected chi connectivity index (χ1v) is 9.43. The van der Waals surface area contributed by atoms with E-state index in [0.29, 0.717) is 5.41 Å². The molecule has 0 radical (unpaired) electrons. The van der Waals surface area contributed by atoms with Crippen molar-refractivity contribution in [2.45, 2.75) is 26.2 Å². The molecule has 2 fully saturated rings. The lowest BCUT2D eigenvalue weighted by Crippen LogP contribution is -2.44. The predicted molar refractivity (Wildman–Crippen MR) is 99.2 cm³/mol. The molecular weight excluding hydrogens is 366 g/mol. The molecule has 1 aromatic carbocycles. The van der Waals surface area contributed by atoms with Crippen LogP contribution in [0, 0.1) is 12.3 Å². The largest absolute Gasteiger partial charge is 0.339 e. The molecule has 2 aliphatic heterocycles. The van der Waals surface area contributed by atoms with Crippen molar-refractivity contribution in [3.63, 3.8) is 0 Å². The van der Waals surface area contributed by atoms with Gasteiger partial charge in [-0.1, -0.05) is 15.9 Å². The Balaban J connectivity index is 1.63. The highest BCUT2D eigenvalue weighted by atomic mass is 79.9. The van der Waals surface area contributed by atoms with Gasteiger partial charge in [0, 0.05) is 35.2 Å². The number of carbonyl (C=O) groups excluding carboxylic acids is 1. The summed E-state index contributed by atoms with van der Waals surface area (Å²) in [6.45, 7) is 5.90. The summed E-state index contributed by atoms with van der Waals surface area (Å²) in [5, 5.41) is 4.41. The maximum atomic E-state index is 13.1. The van der Waals surface area contributed by atoms with Crippen LogP contribution in [0.25, 0.3) is 10.9 Å². The topological polar surface area (TPSA) is 45.2 Å². The number of carbonyl (C=O) groups is 1. The normalized spacial score (nSPS) is 20.0. The molecule has 2 saturated heterocycles. The molecule has 0 unspecified atom stereocenters. The molecule has 4 nitrogen and oxygen atoms in total. The van der Waals surface area contributed by atoms with Crippen molar-refractivity contribution < 1.29 is 4.79 Å². The number of hydrogen-bond donors (Lipinski definition) is 1. The molecule has 5 heteroatoms. The Bertz CT molecular complexity index is 789. The number of benzene rings is 1. The molecule has 0 bridgehead atoms. The zero-order valence-corrected chi connectivity index (χ0v) is 15.5. The Morgan fingerprint density at radius 3 is 2.75 bits per heavy atom. The summed E-state index contributed by atoms with van der Waals surface area (Å²) in [7, 11) is 0. The minimum atomic E-state index is 0.143. The van der Waals surface area contributed by atoms with Gasteiger partial charge < -0.3 is 10.2 Å². The Hall–Kier alpha value is -1.46. The smallest absolute Gasteiger partial charge is 0.254 e. The molecule has 2 aromatic rings. The minimum absolute atomic E-state index is 0.143. The number of aromatic nitrogens is 1. The predicted octanol–water partition coefficient (Wildman–Crippen LogP) is 3.52. The van der Waals surface area contributed by atoms with Crippen molar-refractivity contribution in [1.82, 2.24) is 15.2 Å². The van der Waals surface area contributed by atoms with Crippen LogP contribution in [0.5, 0.6) is 0 Å². The van der Waals surface area contributed by atoms with Gasteiger partial charge in [-0.3, -0.25) is 9.78 Å². The van der Waals surface area contributed by atoms with Crippen LogP contribution in [0.3, 0.4) is 0 Å². The number of halogens is 1. The van der Waals surface area contributed by atoms with Crippen LogP contribution >= 0.6 is 15.9 Å². The summed E-state index contributed by atoms with van der Waals surface area (Å²) >= 11 is 3.51. The molecule has 1 N–H and O–H groups in total. The highest BCUT2D eigenvalue weighted by molar-refractivity contribution is 9.10. The number of nitrogens with one attached hydrogen (secondary N) is 1. The second kappa shape index (κ2) is 6.12. The van der Waals surface area contributed by atoms with E-state index in [9.17, 15) is 4.79 Å². The van der Waals surface area contributed by atoms with Crippen LogP contribution in [0.4, 0.5) is 0 Å². The van der Waals surface area contributed by atoms with E-state index in [1.54, 1.807) is 0 Å². The highest BCUT2D eigenvalue weighted by Gasteiger charge is 2.38. The number of likely N-dealkylation sites (tertiary alicyclic amines) is 1. The molecule has 24 heavy (non-hydrogen) atoms. The Morgan fingerprint density at radius 1 is 1.25 bits per heavy atom. The van der Waals surface area contributed by atoms with Gasteiger partial charge in [0.25, 0.3) is 5.91 Å². The lowest BCUT2D eigenvalue weighted by Gasteiger charge is -2.39. The third-order valence-electron chi connectivity index (χ3n) is 5.57. The SMILES string of the molecule is Cc1cc(C(=O)N2CCC3(CCNC3)CC2)c2cc(Br)ccc2n1. The second-order valence-corrected chi connectivity index (χ2v) is 8.11. The van der Waals surface area contributed by atoms with Crippen molar-refractivity contribution >= 4 is 32.7 Å². The number of amides is 1. The fourth-order valence-corrected chi connectivity index (χ4v) is 4.45. The van der Waals surface area contributed by atoms with Crippen molar-refractivity contribution in [2.24, 2.45) is 5.41 Å². The van der Waals surface area contributed by atoms with Gasteiger partial charge in [0.05, 0.1) is 11.1 Å². The molecule has 126 valence electrons. The third-order valence-corrected chi connectivity index (χ3v) is 6.07. The number of nitrogens with zero attached hydrogens (tertiary/aromatic N) is 2. The van der Waals surface area contributed by atoms with E-state index in [4.69, 9.17) is 0 Å². The van der Waals surface area contributed by atoms with Gasteiger partial charge in [-0.2, -0.15) is 0 Å². The van der Waals surface area contributed by atoms with Gasteiger partial charge in [0.2, 0.25) is 0 Å². The maximum Gasteiger partial charge on any atom is 0.254 e. The van der Waals surface area contributed by atoms with Crippen LogP contribution in [-0.4, -0.2) is 42.0 Å². The fourth-order valence-electron chi connectivity index (χ4n) is 4.08. The molecule has 1 aromatic heterocycles. The average molecular weight is 388 g/mol. The summed E-state index contributed by atoms with van der Waals surface area (Å²) in [5.74, 6) is 0.143. The van der Waals surface area contributed by atoms with Crippen molar-refractivity contribution in [3.05, 3.63) is 40.0 Å². The summed E-state index contributed by atoms with van der Waals surface area (Å²) in [5.41, 5.74) is 2.98. The Morgan fingerprint density at radius 2 is 2.04 bits per heavy atom. The van der Waals surface area contributed by atoms with Crippen molar-refractivity contribution in [3.8, 4) is 0 Å². The van der Waals surface area contributed by atoms with E-state index in [-0.39, 0.29) is 5.91 Å². The second-order valence-electron chi connectivity index (χ2n) is 7.19. The van der Waals surface area contributed by atoms with Gasteiger partial charge in [0.1, 0.15) is 0 Å². The van der Waals surface area contributed by atoms with E-state index in [1.165, 1.54) is 6.42 Å². The molecule has 1 spiro atoms. The molecule has 0 atom stereocenters. The Labute approximate surface area is 150 Å². The number of pyridine rings is 1. The van der Waals surface area contributed by atoms with Gasteiger partial charge in [-0.25, -0.2) is 0 Å². The number of hydrogen-bond acceptors (Lipinski definition) is 3. The van der Waals surface area contributed by atoms with E-state index in [1.807, 2.05) is 36.1 Å². The van der Waals surface area contributed by atoms with Gasteiger partial charge in [0.15, 0.2) is 0 Å². The maximum absolute atomic E-state index is 13.1. The van der Waals surface area contributed by atoms with E-state index in [2.05, 4.69) is 26.2 Å². The monoisotopic (exact) mass is 387 g/mol. The number of aryl methyl sites for hydroxylation is 1. The zero-order valence-electron chi connectivity index (χ0n) is 13.9. The third kappa shape index (κ3) is 2.84. The van der Waals surface area contributed by atoms with Gasteiger partial charge in [-0.15, -0.1) is 0 Å². The molecule has 1 amide bonds. The number of piperidine rings is 1. The molecule has 4 rings (SSSR count). The van der Waals surface area contributed by atoms with Crippen LogP contribution in [0.2, 0.25) is 0 Å². The molecular formula is C19H22BrN3O. The minimum Gasteiger partial charge on any atom is -0.339 e. The zero-order chi connectivity index (χ0) is 16.7. The molecule has 0 aliphatic carbocycles. The quantitative estimate of drug-likeness (QED) is 0.813. The lowest BCUT2D eigenvalue weighted by atomic mass is 9.77. The summed E-state index contributed by atoms with van der Waals surface area (Å²) in [6.07, 6.45) is 3.47. The Kier molecular flexibility index (Phi) is 4.09. The average Bonchev–Trinajstić information content (AvgIpc) is 3.03. The van der Waals surface area contributed by atoms with Crippen LogP contribution in [-0.2, 0) is 0 Å². The lowest BCUT2D eigenvalue weighted by molar-refractivity contribution is 0.0609. The van der Waals surface area contributed by atoms with E-state index in [0.717, 1.165) is 65.7 Å². The standard InChI is InChI=1S/C19H22BrN3O/c1-13-10-16(15-11-14(20)2-3-17(15)22-13)18(24)23-8-5-19(6-9-23)4-7-21-12-19/h2-3,10-11,21H,4-9,12H2,1H3. The first kappa shape index (κ1) is 16.0. The van der Waals surface area contributed by atoms with Crippen LogP contribution < -0.4 is 5.32 Å². The highest BCUT2D eigenvalue weighted by Crippen LogP contribution is 2.37. The summed E-state index contributed by atoms with van der Waals surface area (Å²) in [6, 6.07) is 7.87. The van der Waals surface area contributed by atoms with E-state index < -0.39 is 0 Å². The molecule has 3 heterocycles. The molecule has 2 aliphatic rings. The molecule has 0 saturated carbocycles.